The zero-order valence-electron chi connectivity index (χ0n) is 10.4. The third kappa shape index (κ3) is 3.37. The number of sulfone groups is 1. The Bertz CT molecular complexity index is 584. The van der Waals surface area contributed by atoms with Gasteiger partial charge in [0.2, 0.25) is 0 Å². The number of carbonyl (C=O) groups is 1. The van der Waals surface area contributed by atoms with Crippen molar-refractivity contribution in [2.24, 2.45) is 5.73 Å². The van der Waals surface area contributed by atoms with Gasteiger partial charge in [-0.25, -0.2) is 8.42 Å². The highest BCUT2D eigenvalue weighted by Gasteiger charge is 2.24. The molecule has 0 unspecified atom stereocenters. The maximum atomic E-state index is 11.4. The van der Waals surface area contributed by atoms with Gasteiger partial charge < -0.3 is 16.8 Å². The van der Waals surface area contributed by atoms with Gasteiger partial charge >= 0.3 is 0 Å². The molecular weight excluding hydrogens is 266 g/mol. The zero-order chi connectivity index (χ0) is 14.0. The molecule has 1 aromatic rings. The van der Waals surface area contributed by atoms with E-state index in [1.165, 1.54) is 0 Å². The van der Waals surface area contributed by atoms with E-state index in [0.717, 1.165) is 0 Å². The monoisotopic (exact) mass is 283 g/mol. The predicted molar refractivity (Wildman–Crippen MR) is 74.7 cm³/mol. The second-order valence-electron chi connectivity index (χ2n) is 4.74. The predicted octanol–water partition coefficient (Wildman–Crippen LogP) is 0.357. The molecule has 0 aromatic heterocycles. The van der Waals surface area contributed by atoms with Gasteiger partial charge in [-0.15, -0.1) is 0 Å². The first kappa shape index (κ1) is 13.7. The molecule has 0 bridgehead atoms. The van der Waals surface area contributed by atoms with Crippen molar-refractivity contribution in [3.8, 4) is 0 Å². The van der Waals surface area contributed by atoms with E-state index in [1.807, 2.05) is 0 Å². The standard InChI is InChI=1S/C12H17N3O3S/c13-8-1-2-10(12(14)16)11(7-8)15-9-3-5-19(17,18)6-4-9/h1-2,7,9,15H,3-6,13H2,(H2,14,16). The van der Waals surface area contributed by atoms with Crippen molar-refractivity contribution in [2.75, 3.05) is 22.6 Å². The van der Waals surface area contributed by atoms with Gasteiger partial charge in [0.15, 0.2) is 0 Å². The highest BCUT2D eigenvalue weighted by Crippen LogP contribution is 2.23. The summed E-state index contributed by atoms with van der Waals surface area (Å²) in [5, 5.41) is 3.16. The Kier molecular flexibility index (Phi) is 3.66. The molecule has 1 amide bonds. The molecular formula is C12H17N3O3S. The second-order valence-corrected chi connectivity index (χ2v) is 7.04. The van der Waals surface area contributed by atoms with Crippen LogP contribution < -0.4 is 16.8 Å². The number of nitrogens with one attached hydrogen (secondary N) is 1. The summed E-state index contributed by atoms with van der Waals surface area (Å²) in [6.07, 6.45) is 1.05. The van der Waals surface area contributed by atoms with Crippen LogP contribution in [-0.4, -0.2) is 31.9 Å². The molecule has 7 heteroatoms. The molecule has 0 saturated carbocycles. The average Bonchev–Trinajstić information content (AvgIpc) is 2.31. The van der Waals surface area contributed by atoms with E-state index >= 15 is 0 Å². The molecule has 1 aliphatic rings. The lowest BCUT2D eigenvalue weighted by atomic mass is 10.1. The molecule has 19 heavy (non-hydrogen) atoms. The molecule has 1 saturated heterocycles. The number of nitrogens with two attached hydrogens (primary N) is 2. The van der Waals surface area contributed by atoms with E-state index in [1.54, 1.807) is 18.2 Å². The largest absolute Gasteiger partial charge is 0.399 e. The Labute approximate surface area is 112 Å². The van der Waals surface area contributed by atoms with Crippen molar-refractivity contribution in [1.82, 2.24) is 0 Å². The summed E-state index contributed by atoms with van der Waals surface area (Å²) >= 11 is 0. The minimum Gasteiger partial charge on any atom is -0.399 e. The molecule has 0 spiro atoms. The van der Waals surface area contributed by atoms with Crippen LogP contribution in [0.1, 0.15) is 23.2 Å². The fraction of sp³-hybridized carbons (Fsp3) is 0.417. The topological polar surface area (TPSA) is 115 Å². The van der Waals surface area contributed by atoms with Crippen molar-refractivity contribution in [2.45, 2.75) is 18.9 Å². The lowest BCUT2D eigenvalue weighted by Crippen LogP contribution is -2.32. The second kappa shape index (κ2) is 5.08. The molecule has 104 valence electrons. The third-order valence-corrected chi connectivity index (χ3v) is 4.94. The lowest BCUT2D eigenvalue weighted by molar-refractivity contribution is 0.100. The normalized spacial score (nSPS) is 18.9. The van der Waals surface area contributed by atoms with Crippen LogP contribution in [0.2, 0.25) is 0 Å². The number of amides is 1. The summed E-state index contributed by atoms with van der Waals surface area (Å²) in [4.78, 5) is 11.3. The number of rotatable bonds is 3. The molecule has 1 fully saturated rings. The summed E-state index contributed by atoms with van der Waals surface area (Å²) in [5.74, 6) is -0.205. The molecule has 0 radical (unpaired) electrons. The van der Waals surface area contributed by atoms with Crippen molar-refractivity contribution in [3.63, 3.8) is 0 Å². The van der Waals surface area contributed by atoms with Gasteiger partial charge in [0.05, 0.1) is 17.1 Å². The first-order chi connectivity index (χ1) is 8.87. The minimum absolute atomic E-state index is 0.0171. The number of primary amides is 1. The van der Waals surface area contributed by atoms with E-state index in [-0.39, 0.29) is 17.5 Å². The highest BCUT2D eigenvalue weighted by atomic mass is 32.2. The van der Waals surface area contributed by atoms with Crippen LogP contribution in [0.5, 0.6) is 0 Å². The number of carbonyl (C=O) groups excluding carboxylic acids is 1. The lowest BCUT2D eigenvalue weighted by Gasteiger charge is -2.25. The van der Waals surface area contributed by atoms with Crippen LogP contribution in [0.4, 0.5) is 11.4 Å². The van der Waals surface area contributed by atoms with Crippen LogP contribution in [0, 0.1) is 0 Å². The van der Waals surface area contributed by atoms with Crippen LogP contribution >= 0.6 is 0 Å². The van der Waals surface area contributed by atoms with Gasteiger partial charge in [-0.2, -0.15) is 0 Å². The summed E-state index contributed by atoms with van der Waals surface area (Å²) in [7, 11) is -2.90. The number of benzene rings is 1. The van der Waals surface area contributed by atoms with Gasteiger partial charge in [0.1, 0.15) is 9.84 Å². The molecule has 1 heterocycles. The van der Waals surface area contributed by atoms with E-state index in [4.69, 9.17) is 11.5 Å². The Morgan fingerprint density at radius 2 is 1.89 bits per heavy atom. The van der Waals surface area contributed by atoms with Gasteiger partial charge in [-0.05, 0) is 31.0 Å². The van der Waals surface area contributed by atoms with Gasteiger partial charge in [0.25, 0.3) is 5.91 Å². The van der Waals surface area contributed by atoms with Crippen molar-refractivity contribution >= 4 is 27.1 Å². The fourth-order valence-corrected chi connectivity index (χ4v) is 3.64. The molecule has 0 aliphatic carbocycles. The molecule has 1 aliphatic heterocycles. The maximum Gasteiger partial charge on any atom is 0.250 e. The Morgan fingerprint density at radius 1 is 1.26 bits per heavy atom. The van der Waals surface area contributed by atoms with Crippen molar-refractivity contribution in [1.29, 1.82) is 0 Å². The smallest absolute Gasteiger partial charge is 0.250 e. The van der Waals surface area contributed by atoms with Crippen LogP contribution in [0.25, 0.3) is 0 Å². The minimum atomic E-state index is -2.90. The summed E-state index contributed by atoms with van der Waals surface area (Å²) < 4.78 is 22.7. The summed E-state index contributed by atoms with van der Waals surface area (Å²) in [6, 6.07) is 4.84. The number of hydrogen-bond donors (Lipinski definition) is 3. The molecule has 0 atom stereocenters. The van der Waals surface area contributed by atoms with Gasteiger partial charge in [-0.1, -0.05) is 0 Å². The van der Waals surface area contributed by atoms with Crippen LogP contribution in [0.3, 0.4) is 0 Å². The highest BCUT2D eigenvalue weighted by molar-refractivity contribution is 7.91. The Hall–Kier alpha value is -1.76. The number of hydrogen-bond acceptors (Lipinski definition) is 5. The maximum absolute atomic E-state index is 11.4. The fourth-order valence-electron chi connectivity index (χ4n) is 2.15. The van der Waals surface area contributed by atoms with Crippen LogP contribution in [0.15, 0.2) is 18.2 Å². The van der Waals surface area contributed by atoms with Crippen LogP contribution in [-0.2, 0) is 9.84 Å². The van der Waals surface area contributed by atoms with E-state index in [0.29, 0.717) is 29.8 Å². The third-order valence-electron chi connectivity index (χ3n) is 3.22. The van der Waals surface area contributed by atoms with Crippen molar-refractivity contribution < 1.29 is 13.2 Å². The molecule has 2 rings (SSSR count). The van der Waals surface area contributed by atoms with Gasteiger partial charge in [-0.3, -0.25) is 4.79 Å². The Balaban J connectivity index is 2.15. The number of nitrogen functional groups attached to an aromatic ring is 1. The van der Waals surface area contributed by atoms with E-state index in [2.05, 4.69) is 5.32 Å². The van der Waals surface area contributed by atoms with E-state index < -0.39 is 15.7 Å². The number of anilines is 2. The first-order valence-electron chi connectivity index (χ1n) is 6.04. The molecule has 5 N–H and O–H groups in total. The van der Waals surface area contributed by atoms with E-state index in [9.17, 15) is 13.2 Å². The Morgan fingerprint density at radius 3 is 2.47 bits per heavy atom. The summed E-state index contributed by atoms with van der Waals surface area (Å²) in [5.41, 5.74) is 12.4. The molecule has 6 nitrogen and oxygen atoms in total. The van der Waals surface area contributed by atoms with Gasteiger partial charge in [0, 0.05) is 17.4 Å². The zero-order valence-corrected chi connectivity index (χ0v) is 11.2. The average molecular weight is 283 g/mol. The quantitative estimate of drug-likeness (QED) is 0.693. The molecule has 1 aromatic carbocycles. The first-order valence-corrected chi connectivity index (χ1v) is 7.86. The van der Waals surface area contributed by atoms with Crippen molar-refractivity contribution in [3.05, 3.63) is 23.8 Å². The SMILES string of the molecule is NC(=O)c1ccc(N)cc1NC1CCS(=O)(=O)CC1. The summed E-state index contributed by atoms with van der Waals surface area (Å²) in [6.45, 7) is 0.